The van der Waals surface area contributed by atoms with E-state index in [2.05, 4.69) is 0 Å². The van der Waals surface area contributed by atoms with E-state index in [0.717, 1.165) is 12.1 Å². The third-order valence-corrected chi connectivity index (χ3v) is 1.21. The number of aromatic hydroxyl groups is 1. The van der Waals surface area contributed by atoms with Crippen molar-refractivity contribution in [2.24, 2.45) is 0 Å². The van der Waals surface area contributed by atoms with Crippen LogP contribution in [-0.2, 0) is 0 Å². The van der Waals surface area contributed by atoms with Crippen LogP contribution < -0.4 is 0 Å². The van der Waals surface area contributed by atoms with E-state index in [0.29, 0.717) is 0 Å². The van der Waals surface area contributed by atoms with Crippen molar-refractivity contribution in [3.05, 3.63) is 29.6 Å². The number of rotatable bonds is 1. The van der Waals surface area contributed by atoms with Crippen LogP contribution in [0.3, 0.4) is 0 Å². The summed E-state index contributed by atoms with van der Waals surface area (Å²) in [6, 6.07) is 3.33. The molecule has 2 N–H and O–H groups in total. The zero-order chi connectivity index (χ0) is 8.43. The van der Waals surface area contributed by atoms with Gasteiger partial charge in [0.1, 0.15) is 17.1 Å². The van der Waals surface area contributed by atoms with Crippen LogP contribution in [0.4, 0.5) is 4.39 Å². The molecule has 0 amide bonds. The second-order valence-electron chi connectivity index (χ2n) is 1.94. The van der Waals surface area contributed by atoms with E-state index in [-0.39, 0.29) is 29.6 Å². The molecule has 1 aromatic carbocycles. The first kappa shape index (κ1) is 11.4. The minimum absolute atomic E-state index is 0. The first-order valence-corrected chi connectivity index (χ1v) is 2.83. The first-order valence-electron chi connectivity index (χ1n) is 2.83. The summed E-state index contributed by atoms with van der Waals surface area (Å²) in [7, 11) is 0. The number of carboxylic acid groups (broad SMARTS) is 1. The molecule has 12 heavy (non-hydrogen) atoms. The molecule has 0 saturated heterocycles. The molecule has 0 spiro atoms. The van der Waals surface area contributed by atoms with Gasteiger partial charge in [0, 0.05) is 0 Å². The van der Waals surface area contributed by atoms with E-state index in [1.165, 1.54) is 6.07 Å². The normalized spacial score (nSPS) is 8.75. The van der Waals surface area contributed by atoms with Crippen LogP contribution in [0.5, 0.6) is 5.75 Å². The molecule has 5 heteroatoms. The van der Waals surface area contributed by atoms with Crippen molar-refractivity contribution in [2.45, 2.75) is 0 Å². The van der Waals surface area contributed by atoms with E-state index in [1.54, 1.807) is 0 Å². The Morgan fingerprint density at radius 2 is 2.00 bits per heavy atom. The van der Waals surface area contributed by atoms with Crippen LogP contribution >= 0.6 is 0 Å². The second kappa shape index (κ2) is 4.45. The fourth-order valence-corrected chi connectivity index (χ4v) is 0.724. The minimum atomic E-state index is -1.47. The quantitative estimate of drug-likeness (QED) is 0.621. The summed E-state index contributed by atoms with van der Waals surface area (Å²) in [6.07, 6.45) is 0. The van der Waals surface area contributed by atoms with Crippen LogP contribution in [0.2, 0.25) is 0 Å². The van der Waals surface area contributed by atoms with Crippen LogP contribution in [-0.4, -0.2) is 45.7 Å². The van der Waals surface area contributed by atoms with Gasteiger partial charge in [-0.3, -0.25) is 0 Å². The molecule has 0 aliphatic rings. The summed E-state index contributed by atoms with van der Waals surface area (Å²) in [5.74, 6) is -2.96. The number of phenols is 1. The molecule has 0 atom stereocenters. The molecular weight excluding hydrogens is 174 g/mol. The van der Waals surface area contributed by atoms with E-state index < -0.39 is 23.1 Å². The number of carboxylic acids is 1. The van der Waals surface area contributed by atoms with Gasteiger partial charge in [0.2, 0.25) is 0 Å². The summed E-state index contributed by atoms with van der Waals surface area (Å²) in [6.45, 7) is 0. The SMILES string of the molecule is O=C(O)c1c(O)cccc1F.[NaH]. The van der Waals surface area contributed by atoms with Gasteiger partial charge < -0.3 is 10.2 Å². The van der Waals surface area contributed by atoms with Gasteiger partial charge >= 0.3 is 35.5 Å². The van der Waals surface area contributed by atoms with Gasteiger partial charge in [-0.2, -0.15) is 0 Å². The summed E-state index contributed by atoms with van der Waals surface area (Å²) >= 11 is 0. The molecule has 0 saturated carbocycles. The van der Waals surface area contributed by atoms with E-state index in [1.807, 2.05) is 0 Å². The molecule has 3 nitrogen and oxygen atoms in total. The number of hydrogen-bond acceptors (Lipinski definition) is 2. The predicted octanol–water partition coefficient (Wildman–Crippen LogP) is 0.581. The van der Waals surface area contributed by atoms with Crippen LogP contribution in [0, 0.1) is 5.82 Å². The average Bonchev–Trinajstić information content (AvgIpc) is 1.85. The Balaban J connectivity index is 0.00000121. The number of hydrogen-bond donors (Lipinski definition) is 2. The summed E-state index contributed by atoms with van der Waals surface area (Å²) < 4.78 is 12.6. The van der Waals surface area contributed by atoms with E-state index in [4.69, 9.17) is 10.2 Å². The topological polar surface area (TPSA) is 57.5 Å². The summed E-state index contributed by atoms with van der Waals surface area (Å²) in [5.41, 5.74) is -0.687. The fraction of sp³-hybridized carbons (Fsp3) is 0. The van der Waals surface area contributed by atoms with E-state index in [9.17, 15) is 9.18 Å². The summed E-state index contributed by atoms with van der Waals surface area (Å²) in [4.78, 5) is 10.2. The molecule has 0 unspecified atom stereocenters. The Bertz CT molecular complexity index is 280. The number of halogens is 1. The van der Waals surface area contributed by atoms with Crippen molar-refractivity contribution < 1.29 is 19.4 Å². The van der Waals surface area contributed by atoms with Crippen LogP contribution in [0.25, 0.3) is 0 Å². The number of carbonyl (C=O) groups is 1. The van der Waals surface area contributed by atoms with Gasteiger partial charge in [0.05, 0.1) is 0 Å². The molecule has 0 heterocycles. The van der Waals surface area contributed by atoms with Gasteiger partial charge in [0.25, 0.3) is 0 Å². The third-order valence-electron chi connectivity index (χ3n) is 1.21. The first-order chi connectivity index (χ1) is 5.13. The Morgan fingerprint density at radius 1 is 1.42 bits per heavy atom. The average molecular weight is 180 g/mol. The second-order valence-corrected chi connectivity index (χ2v) is 1.94. The maximum absolute atomic E-state index is 12.6. The Labute approximate surface area is 90.1 Å². The molecule has 0 aliphatic heterocycles. The number of aromatic carboxylic acids is 1. The van der Waals surface area contributed by atoms with Crippen molar-refractivity contribution in [3.8, 4) is 5.75 Å². The monoisotopic (exact) mass is 180 g/mol. The van der Waals surface area contributed by atoms with Crippen LogP contribution in [0.15, 0.2) is 18.2 Å². The van der Waals surface area contributed by atoms with Crippen molar-refractivity contribution >= 4 is 35.5 Å². The van der Waals surface area contributed by atoms with Gasteiger partial charge in [-0.1, -0.05) is 6.07 Å². The molecule has 60 valence electrons. The zero-order valence-electron chi connectivity index (χ0n) is 5.41. The molecule has 0 aromatic heterocycles. The molecular formula is C7H6FNaO3. The molecule has 0 bridgehead atoms. The number of benzene rings is 1. The Hall–Kier alpha value is -0.580. The van der Waals surface area contributed by atoms with Gasteiger partial charge in [0.15, 0.2) is 0 Å². The van der Waals surface area contributed by atoms with Gasteiger partial charge in [-0.05, 0) is 12.1 Å². The standard InChI is InChI=1S/C7H5FO3.Na.H/c8-4-2-1-3-5(9)6(4)7(10)11;;/h1-3,9H,(H,10,11);;. The van der Waals surface area contributed by atoms with Gasteiger partial charge in [-0.15, -0.1) is 0 Å². The molecule has 1 aromatic rings. The van der Waals surface area contributed by atoms with Crippen LogP contribution in [0.1, 0.15) is 10.4 Å². The Kier molecular flexibility index (Phi) is 4.23. The molecule has 0 fully saturated rings. The molecule has 0 radical (unpaired) electrons. The van der Waals surface area contributed by atoms with Crippen molar-refractivity contribution in [2.75, 3.05) is 0 Å². The van der Waals surface area contributed by atoms with Gasteiger partial charge in [-0.25, -0.2) is 9.18 Å². The van der Waals surface area contributed by atoms with Crippen molar-refractivity contribution in [1.82, 2.24) is 0 Å². The molecule has 1 rings (SSSR count). The van der Waals surface area contributed by atoms with Crippen molar-refractivity contribution in [1.29, 1.82) is 0 Å². The fourth-order valence-electron chi connectivity index (χ4n) is 0.724. The summed E-state index contributed by atoms with van der Waals surface area (Å²) in [5, 5.41) is 17.2. The van der Waals surface area contributed by atoms with Crippen molar-refractivity contribution in [3.63, 3.8) is 0 Å². The zero-order valence-corrected chi connectivity index (χ0v) is 5.41. The van der Waals surface area contributed by atoms with E-state index >= 15 is 0 Å². The molecule has 0 aliphatic carbocycles. The Morgan fingerprint density at radius 3 is 2.33 bits per heavy atom. The third kappa shape index (κ3) is 2.20. The maximum atomic E-state index is 12.6. The predicted molar refractivity (Wildman–Crippen MR) is 42.2 cm³/mol.